The Labute approximate surface area is 133 Å². The number of methoxy groups -OCH3 is 2. The van der Waals surface area contributed by atoms with Crippen molar-refractivity contribution in [2.75, 3.05) is 14.2 Å². The molecule has 2 atom stereocenters. The number of hydrogen-bond acceptors (Lipinski definition) is 7. The molecule has 9 N–H and O–H groups in total. The van der Waals surface area contributed by atoms with Crippen LogP contribution in [0, 0.1) is 0 Å². The number of carbonyl (C=O) groups is 2. The third-order valence-electron chi connectivity index (χ3n) is 3.33. The highest BCUT2D eigenvalue weighted by Crippen LogP contribution is 2.44. The van der Waals surface area contributed by atoms with Crippen LogP contribution < -0.4 is 32.4 Å². The molecule has 1 aromatic rings. The summed E-state index contributed by atoms with van der Waals surface area (Å²) in [5.41, 5.74) is 22.4. The van der Waals surface area contributed by atoms with E-state index >= 15 is 0 Å². The highest BCUT2D eigenvalue weighted by Gasteiger charge is 2.28. The number of ether oxygens (including phenoxy) is 2. The van der Waals surface area contributed by atoms with Gasteiger partial charge in [-0.05, 0) is 0 Å². The number of hydrogen-bond donors (Lipinski definition) is 5. The fourth-order valence-electron chi connectivity index (χ4n) is 2.35. The molecule has 0 aliphatic carbocycles. The van der Waals surface area contributed by atoms with E-state index in [4.69, 9.17) is 32.4 Å². The summed E-state index contributed by atoms with van der Waals surface area (Å²) in [6.45, 7) is 0. The van der Waals surface area contributed by atoms with Crippen molar-refractivity contribution in [1.82, 2.24) is 0 Å². The molecule has 0 spiro atoms. The number of carbonyl (C=O) groups excluding carboxylic acids is 2. The number of phenols is 1. The average Bonchev–Trinajstić information content (AvgIpc) is 2.43. The molecule has 9 heteroatoms. The van der Waals surface area contributed by atoms with Crippen molar-refractivity contribution in [3.05, 3.63) is 17.2 Å². The molecule has 2 unspecified atom stereocenters. The van der Waals surface area contributed by atoms with Gasteiger partial charge in [-0.1, -0.05) is 0 Å². The standard InChI is InChI=1S/C14H22N4O5/c1-22-8-5-9(23-2)13(7(16)4-11(18)20)14(21)12(8)6(15)3-10(17)19/h5-7,21H,3-4,15-16H2,1-2H3,(H2,17,19)(H2,18,20). The van der Waals surface area contributed by atoms with Gasteiger partial charge in [-0.25, -0.2) is 0 Å². The van der Waals surface area contributed by atoms with Crippen LogP contribution in [0.1, 0.15) is 36.1 Å². The molecule has 23 heavy (non-hydrogen) atoms. The summed E-state index contributed by atoms with van der Waals surface area (Å²) in [4.78, 5) is 22.2. The van der Waals surface area contributed by atoms with Gasteiger partial charge >= 0.3 is 0 Å². The number of rotatable bonds is 8. The second kappa shape index (κ2) is 7.65. The van der Waals surface area contributed by atoms with E-state index in [0.29, 0.717) is 0 Å². The fourth-order valence-corrected chi connectivity index (χ4v) is 2.35. The first-order chi connectivity index (χ1) is 10.7. The largest absolute Gasteiger partial charge is 0.507 e. The van der Waals surface area contributed by atoms with Gasteiger partial charge in [0.15, 0.2) is 0 Å². The third-order valence-corrected chi connectivity index (χ3v) is 3.33. The van der Waals surface area contributed by atoms with Gasteiger partial charge in [-0.3, -0.25) is 9.59 Å². The van der Waals surface area contributed by atoms with Crippen molar-refractivity contribution in [2.24, 2.45) is 22.9 Å². The Morgan fingerprint density at radius 3 is 1.61 bits per heavy atom. The first-order valence-corrected chi connectivity index (χ1v) is 6.78. The van der Waals surface area contributed by atoms with E-state index in [0.717, 1.165) is 0 Å². The van der Waals surface area contributed by atoms with Gasteiger partial charge in [0.2, 0.25) is 11.8 Å². The van der Waals surface area contributed by atoms with E-state index < -0.39 is 23.9 Å². The van der Waals surface area contributed by atoms with Crippen LogP contribution in [0.3, 0.4) is 0 Å². The highest BCUT2D eigenvalue weighted by atomic mass is 16.5. The van der Waals surface area contributed by atoms with Gasteiger partial charge in [0.05, 0.1) is 25.3 Å². The maximum atomic E-state index is 11.1. The van der Waals surface area contributed by atoms with Crippen molar-refractivity contribution in [3.8, 4) is 17.2 Å². The lowest BCUT2D eigenvalue weighted by Gasteiger charge is -2.23. The summed E-state index contributed by atoms with van der Waals surface area (Å²) < 4.78 is 10.4. The molecule has 0 aromatic heterocycles. The van der Waals surface area contributed by atoms with Crippen LogP contribution in [-0.2, 0) is 9.59 Å². The molecule has 1 rings (SSSR count). The predicted molar refractivity (Wildman–Crippen MR) is 82.7 cm³/mol. The predicted octanol–water partition coefficient (Wildman–Crippen LogP) is -0.840. The van der Waals surface area contributed by atoms with E-state index in [1.165, 1.54) is 20.3 Å². The Morgan fingerprint density at radius 1 is 1.00 bits per heavy atom. The van der Waals surface area contributed by atoms with Crippen molar-refractivity contribution >= 4 is 11.8 Å². The first-order valence-electron chi connectivity index (χ1n) is 6.78. The van der Waals surface area contributed by atoms with Crippen LogP contribution in [0.4, 0.5) is 0 Å². The molecular formula is C14H22N4O5. The maximum Gasteiger partial charge on any atom is 0.219 e. The van der Waals surface area contributed by atoms with Crippen LogP contribution in [-0.4, -0.2) is 31.1 Å². The smallest absolute Gasteiger partial charge is 0.219 e. The van der Waals surface area contributed by atoms with E-state index in [1.807, 2.05) is 0 Å². The normalized spacial score (nSPS) is 13.2. The minimum atomic E-state index is -0.909. The lowest BCUT2D eigenvalue weighted by Crippen LogP contribution is -2.24. The Balaban J connectivity index is 3.50. The second-order valence-electron chi connectivity index (χ2n) is 5.01. The van der Waals surface area contributed by atoms with E-state index in [1.54, 1.807) is 0 Å². The minimum Gasteiger partial charge on any atom is -0.507 e. The first kappa shape index (κ1) is 18.5. The second-order valence-corrected chi connectivity index (χ2v) is 5.01. The van der Waals surface area contributed by atoms with Crippen LogP contribution in [0.2, 0.25) is 0 Å². The Morgan fingerprint density at radius 2 is 1.35 bits per heavy atom. The van der Waals surface area contributed by atoms with Gasteiger partial charge in [0.1, 0.15) is 17.2 Å². The number of primary amides is 2. The number of amides is 2. The molecule has 2 amide bonds. The minimum absolute atomic E-state index is 0.155. The van der Waals surface area contributed by atoms with Crippen LogP contribution in [0.25, 0.3) is 0 Å². The summed E-state index contributed by atoms with van der Waals surface area (Å²) in [6.07, 6.45) is -0.415. The zero-order chi connectivity index (χ0) is 17.7. The lowest BCUT2D eigenvalue weighted by atomic mass is 9.93. The monoisotopic (exact) mass is 326 g/mol. The summed E-state index contributed by atoms with van der Waals surface area (Å²) in [7, 11) is 2.75. The number of nitrogens with two attached hydrogens (primary N) is 4. The summed E-state index contributed by atoms with van der Waals surface area (Å²) in [6, 6.07) is -0.354. The van der Waals surface area contributed by atoms with Gasteiger partial charge in [0.25, 0.3) is 0 Å². The summed E-state index contributed by atoms with van der Waals surface area (Å²) in [5, 5.41) is 10.6. The van der Waals surface area contributed by atoms with Crippen molar-refractivity contribution in [3.63, 3.8) is 0 Å². The molecule has 0 saturated carbocycles. The Bertz CT molecular complexity index is 557. The molecular weight excluding hydrogens is 304 g/mol. The van der Waals surface area contributed by atoms with Gasteiger partial charge < -0.3 is 37.5 Å². The summed E-state index contributed by atoms with van der Waals surface area (Å²) in [5.74, 6) is -1.18. The molecule has 0 saturated heterocycles. The van der Waals surface area contributed by atoms with Crippen LogP contribution in [0.15, 0.2) is 6.07 Å². The Kier molecular flexibility index (Phi) is 6.17. The van der Waals surface area contributed by atoms with E-state index in [-0.39, 0.29) is 41.2 Å². The topological polar surface area (TPSA) is 177 Å². The molecule has 0 aliphatic rings. The molecule has 1 aromatic carbocycles. The molecule has 0 bridgehead atoms. The lowest BCUT2D eigenvalue weighted by molar-refractivity contribution is -0.119. The fraction of sp³-hybridized carbons (Fsp3) is 0.429. The molecule has 0 aliphatic heterocycles. The van der Waals surface area contributed by atoms with E-state index in [2.05, 4.69) is 0 Å². The van der Waals surface area contributed by atoms with Crippen molar-refractivity contribution < 1.29 is 24.2 Å². The van der Waals surface area contributed by atoms with Gasteiger partial charge in [-0.15, -0.1) is 0 Å². The number of benzene rings is 1. The van der Waals surface area contributed by atoms with Crippen LogP contribution >= 0.6 is 0 Å². The quantitative estimate of drug-likeness (QED) is 0.413. The van der Waals surface area contributed by atoms with Crippen molar-refractivity contribution in [1.29, 1.82) is 0 Å². The molecule has 9 nitrogen and oxygen atoms in total. The Hall–Kier alpha value is -2.52. The summed E-state index contributed by atoms with van der Waals surface area (Å²) >= 11 is 0. The van der Waals surface area contributed by atoms with Crippen LogP contribution in [0.5, 0.6) is 17.2 Å². The molecule has 128 valence electrons. The SMILES string of the molecule is COc1cc(OC)c(C(N)CC(N)=O)c(O)c1C(N)CC(N)=O. The molecule has 0 radical (unpaired) electrons. The average molecular weight is 326 g/mol. The van der Waals surface area contributed by atoms with E-state index in [9.17, 15) is 14.7 Å². The highest BCUT2D eigenvalue weighted by molar-refractivity contribution is 5.76. The van der Waals surface area contributed by atoms with Gasteiger partial charge in [-0.2, -0.15) is 0 Å². The van der Waals surface area contributed by atoms with Gasteiger partial charge in [0, 0.05) is 31.0 Å². The zero-order valence-electron chi connectivity index (χ0n) is 13.0. The zero-order valence-corrected chi connectivity index (χ0v) is 13.0. The van der Waals surface area contributed by atoms with Crippen molar-refractivity contribution in [2.45, 2.75) is 24.9 Å². The molecule has 0 heterocycles. The molecule has 0 fully saturated rings. The number of phenolic OH excluding ortho intramolecular Hbond substituents is 1. The number of aromatic hydroxyl groups is 1. The maximum absolute atomic E-state index is 11.1. The third kappa shape index (κ3) is 4.24.